The van der Waals surface area contributed by atoms with Crippen molar-refractivity contribution in [1.82, 2.24) is 8.61 Å². The molecule has 0 aliphatic carbocycles. The second kappa shape index (κ2) is 4.67. The van der Waals surface area contributed by atoms with Crippen LogP contribution in [0.2, 0.25) is 0 Å². The predicted octanol–water partition coefficient (Wildman–Crippen LogP) is -0.768. The van der Waals surface area contributed by atoms with Crippen LogP contribution in [-0.4, -0.2) is 27.7 Å². The average Bonchev–Trinajstić information content (AvgIpc) is 2.25. The Bertz CT molecular complexity index is 109. The highest BCUT2D eigenvalue weighted by Gasteiger charge is 2.22. The number of carbonyl (C=O) groups is 1. The number of nitrogens with zero attached hydrogens (tertiary/aromatic N) is 2. The minimum absolute atomic E-state index is 0.142. The van der Waals surface area contributed by atoms with Gasteiger partial charge < -0.3 is 0 Å². The lowest BCUT2D eigenvalue weighted by Gasteiger charge is -2.04. The van der Waals surface area contributed by atoms with E-state index in [-0.39, 0.29) is 6.03 Å². The minimum Gasteiger partial charge on any atom is -0.274 e. The Balaban J connectivity index is 0.000000371. The van der Waals surface area contributed by atoms with E-state index in [4.69, 9.17) is 0 Å². The van der Waals surface area contributed by atoms with Crippen molar-refractivity contribution in [2.75, 3.05) is 13.1 Å². The van der Waals surface area contributed by atoms with Gasteiger partial charge in [-0.1, -0.05) is 25.6 Å². The third-order valence-corrected chi connectivity index (χ3v) is 1.71. The zero-order chi connectivity index (χ0) is 8.15. The van der Waals surface area contributed by atoms with Crippen LogP contribution >= 0.6 is 25.6 Å². The fourth-order valence-electron chi connectivity index (χ4n) is 0.514. The van der Waals surface area contributed by atoms with Crippen LogP contribution in [0, 0.1) is 0 Å². The predicted molar refractivity (Wildman–Crippen MR) is 45.2 cm³/mol. The van der Waals surface area contributed by atoms with Gasteiger partial charge >= 0.3 is 6.03 Å². The molecule has 0 unspecified atom stereocenters. The summed E-state index contributed by atoms with van der Waals surface area (Å²) in [7, 11) is 0. The van der Waals surface area contributed by atoms with Crippen LogP contribution in [-0.2, 0) is 0 Å². The molecule has 2 amide bonds. The standard InChI is InChI=1S/C3H6N2OS2.H4N2/c6-3-4(7)1-2-5(3)8;1-2/h7-8H,1-2H2;1-2H2. The SMILES string of the molecule is NN.O=C1N(S)CCN1S. The fourth-order valence-corrected chi connectivity index (χ4v) is 0.979. The van der Waals surface area contributed by atoms with E-state index in [1.807, 2.05) is 0 Å². The first-order valence-corrected chi connectivity index (χ1v) is 3.32. The van der Waals surface area contributed by atoms with Gasteiger partial charge in [0.05, 0.1) is 13.1 Å². The molecule has 0 atom stereocenters. The van der Waals surface area contributed by atoms with Crippen LogP contribution in [0.3, 0.4) is 0 Å². The van der Waals surface area contributed by atoms with Crippen molar-refractivity contribution in [2.45, 2.75) is 0 Å². The summed E-state index contributed by atoms with van der Waals surface area (Å²) in [5.41, 5.74) is 0. The summed E-state index contributed by atoms with van der Waals surface area (Å²) in [6.45, 7) is 1.32. The number of urea groups is 1. The third-order valence-electron chi connectivity index (χ3n) is 0.965. The zero-order valence-corrected chi connectivity index (χ0v) is 7.05. The molecule has 10 heavy (non-hydrogen) atoms. The van der Waals surface area contributed by atoms with Gasteiger partial charge in [-0.15, -0.1) is 0 Å². The van der Waals surface area contributed by atoms with Crippen LogP contribution in [0.4, 0.5) is 4.79 Å². The molecular formula is C3H10N4OS2. The molecule has 0 aromatic rings. The molecule has 0 spiro atoms. The number of amides is 2. The van der Waals surface area contributed by atoms with Crippen molar-refractivity contribution in [3.63, 3.8) is 0 Å². The summed E-state index contributed by atoms with van der Waals surface area (Å²) in [6.07, 6.45) is 0. The van der Waals surface area contributed by atoms with E-state index in [2.05, 4.69) is 37.3 Å². The topological polar surface area (TPSA) is 75.6 Å². The number of carbonyl (C=O) groups excluding carboxylic acids is 1. The molecule has 4 N–H and O–H groups in total. The maximum absolute atomic E-state index is 10.6. The largest absolute Gasteiger partial charge is 0.339 e. The van der Waals surface area contributed by atoms with Crippen LogP contribution in [0.15, 0.2) is 0 Å². The molecule has 7 heteroatoms. The number of hydrogen-bond donors (Lipinski definition) is 4. The molecule has 0 aromatic heterocycles. The summed E-state index contributed by atoms with van der Waals surface area (Å²) in [6, 6.07) is -0.142. The van der Waals surface area contributed by atoms with Gasteiger partial charge in [-0.2, -0.15) is 0 Å². The number of hydrogen-bond acceptors (Lipinski definition) is 5. The molecule has 1 aliphatic heterocycles. The highest BCUT2D eigenvalue weighted by Crippen LogP contribution is 2.11. The molecule has 1 aliphatic rings. The molecule has 5 nitrogen and oxygen atoms in total. The van der Waals surface area contributed by atoms with Crippen LogP contribution in [0.5, 0.6) is 0 Å². The van der Waals surface area contributed by atoms with E-state index in [0.717, 1.165) is 0 Å². The molecule has 1 heterocycles. The Kier molecular flexibility index (Phi) is 4.62. The van der Waals surface area contributed by atoms with Gasteiger partial charge in [0.25, 0.3) is 0 Å². The smallest absolute Gasteiger partial charge is 0.274 e. The van der Waals surface area contributed by atoms with Gasteiger partial charge in [0, 0.05) is 0 Å². The number of rotatable bonds is 0. The second-order valence-electron chi connectivity index (χ2n) is 1.53. The molecule has 0 radical (unpaired) electrons. The Hall–Kier alpha value is -0.110. The van der Waals surface area contributed by atoms with E-state index in [9.17, 15) is 4.79 Å². The lowest BCUT2D eigenvalue weighted by atomic mass is 10.7. The van der Waals surface area contributed by atoms with Crippen molar-refractivity contribution in [1.29, 1.82) is 0 Å². The van der Waals surface area contributed by atoms with Crippen molar-refractivity contribution in [3.8, 4) is 0 Å². The molecule has 1 saturated heterocycles. The summed E-state index contributed by atoms with van der Waals surface area (Å²) < 4.78 is 2.65. The van der Waals surface area contributed by atoms with Crippen LogP contribution in [0.25, 0.3) is 0 Å². The first-order chi connectivity index (χ1) is 4.72. The Morgan fingerprint density at radius 1 is 1.20 bits per heavy atom. The van der Waals surface area contributed by atoms with E-state index >= 15 is 0 Å². The molecule has 60 valence electrons. The van der Waals surface area contributed by atoms with Crippen LogP contribution < -0.4 is 11.7 Å². The summed E-state index contributed by atoms with van der Waals surface area (Å²) in [5.74, 6) is 8.00. The first kappa shape index (κ1) is 9.89. The maximum atomic E-state index is 10.6. The summed E-state index contributed by atoms with van der Waals surface area (Å²) in [5, 5.41) is 0. The van der Waals surface area contributed by atoms with Gasteiger partial charge in [-0.25, -0.2) is 4.79 Å². The highest BCUT2D eigenvalue weighted by molar-refractivity contribution is 7.79. The molecule has 0 saturated carbocycles. The third kappa shape index (κ3) is 2.25. The first-order valence-electron chi connectivity index (χ1n) is 2.52. The molecular weight excluding hydrogens is 172 g/mol. The second-order valence-corrected chi connectivity index (χ2v) is 2.49. The maximum Gasteiger partial charge on any atom is 0.339 e. The summed E-state index contributed by atoms with van der Waals surface area (Å²) >= 11 is 7.68. The van der Waals surface area contributed by atoms with Crippen molar-refractivity contribution < 1.29 is 4.79 Å². The van der Waals surface area contributed by atoms with Crippen molar-refractivity contribution in [2.24, 2.45) is 11.7 Å². The normalized spacial score (nSPS) is 17.0. The van der Waals surface area contributed by atoms with Gasteiger partial charge in [0.1, 0.15) is 0 Å². The molecule has 0 bridgehead atoms. The van der Waals surface area contributed by atoms with Gasteiger partial charge in [-0.05, 0) is 0 Å². The van der Waals surface area contributed by atoms with E-state index in [1.165, 1.54) is 8.61 Å². The molecule has 1 fully saturated rings. The van der Waals surface area contributed by atoms with Gasteiger partial charge in [0.15, 0.2) is 0 Å². The highest BCUT2D eigenvalue weighted by atomic mass is 32.1. The minimum atomic E-state index is -0.142. The Morgan fingerprint density at radius 2 is 1.50 bits per heavy atom. The average molecular weight is 182 g/mol. The number of nitrogens with two attached hydrogens (primary N) is 2. The van der Waals surface area contributed by atoms with Crippen molar-refractivity contribution >= 4 is 31.7 Å². The molecule has 0 aromatic carbocycles. The quantitative estimate of drug-likeness (QED) is 0.226. The fraction of sp³-hybridized carbons (Fsp3) is 0.667. The monoisotopic (exact) mass is 182 g/mol. The van der Waals surface area contributed by atoms with E-state index in [0.29, 0.717) is 13.1 Å². The summed E-state index contributed by atoms with van der Waals surface area (Å²) in [4.78, 5) is 10.6. The number of hydrazine groups is 1. The van der Waals surface area contributed by atoms with E-state index in [1.54, 1.807) is 0 Å². The Morgan fingerprint density at radius 3 is 1.60 bits per heavy atom. The van der Waals surface area contributed by atoms with Crippen LogP contribution in [0.1, 0.15) is 0 Å². The lowest BCUT2D eigenvalue weighted by molar-refractivity contribution is 0.228. The zero-order valence-electron chi connectivity index (χ0n) is 5.27. The number of thiol groups is 2. The van der Waals surface area contributed by atoms with E-state index < -0.39 is 0 Å². The van der Waals surface area contributed by atoms with Crippen molar-refractivity contribution in [3.05, 3.63) is 0 Å². The Labute approximate surface area is 70.4 Å². The molecule has 1 rings (SSSR count). The van der Waals surface area contributed by atoms with Gasteiger partial charge in [-0.3, -0.25) is 20.3 Å². The lowest BCUT2D eigenvalue weighted by Crippen LogP contribution is -2.18. The van der Waals surface area contributed by atoms with Gasteiger partial charge in [0.2, 0.25) is 0 Å².